The summed E-state index contributed by atoms with van der Waals surface area (Å²) in [6, 6.07) is 3.33. The first-order valence-corrected chi connectivity index (χ1v) is 7.43. The quantitative estimate of drug-likeness (QED) is 0.761. The van der Waals surface area contributed by atoms with Crippen LogP contribution in [-0.4, -0.2) is 28.1 Å². The number of ether oxygens (including phenoxy) is 1. The summed E-state index contributed by atoms with van der Waals surface area (Å²) in [5.41, 5.74) is 2.24. The van der Waals surface area contributed by atoms with Crippen LogP contribution in [0, 0.1) is 12.7 Å². The molecule has 0 aliphatic carbocycles. The molecule has 1 heterocycles. The number of hydrogen-bond donors (Lipinski definition) is 0. The number of halogens is 2. The number of alkyl halides is 1. The van der Waals surface area contributed by atoms with E-state index in [4.69, 9.17) is 16.3 Å². The van der Waals surface area contributed by atoms with Gasteiger partial charge in [0.15, 0.2) is 0 Å². The maximum absolute atomic E-state index is 13.7. The van der Waals surface area contributed by atoms with Crippen molar-refractivity contribution in [2.24, 2.45) is 0 Å². The molecule has 2 rings (SSSR count). The molecule has 0 amide bonds. The molecule has 0 radical (unpaired) electrons. The molecule has 0 saturated heterocycles. The van der Waals surface area contributed by atoms with Gasteiger partial charge >= 0.3 is 0 Å². The van der Waals surface area contributed by atoms with Crippen LogP contribution in [0.1, 0.15) is 25.2 Å². The zero-order valence-electron chi connectivity index (χ0n) is 12.1. The molecule has 5 heteroatoms. The van der Waals surface area contributed by atoms with E-state index in [1.165, 1.54) is 6.07 Å². The normalized spacial score (nSPS) is 13.1. The minimum absolute atomic E-state index is 0.0804. The zero-order chi connectivity index (χ0) is 14.7. The van der Waals surface area contributed by atoms with Crippen molar-refractivity contribution in [1.82, 2.24) is 9.55 Å². The van der Waals surface area contributed by atoms with Crippen molar-refractivity contribution in [3.63, 3.8) is 0 Å². The van der Waals surface area contributed by atoms with E-state index in [0.717, 1.165) is 11.3 Å². The number of aryl methyl sites for hydroxylation is 2. The average Bonchev–Trinajstić information content (AvgIpc) is 2.69. The predicted molar refractivity (Wildman–Crippen MR) is 79.9 cm³/mol. The fraction of sp³-hybridized carbons (Fsp3) is 0.533. The number of benzene rings is 1. The van der Waals surface area contributed by atoms with Crippen molar-refractivity contribution in [1.29, 1.82) is 0 Å². The number of nitrogens with zero attached hydrogens (tertiary/aromatic N) is 2. The average molecular weight is 299 g/mol. The van der Waals surface area contributed by atoms with E-state index in [-0.39, 0.29) is 11.9 Å². The SMILES string of the molecule is CCOC(C)Cn1c(CCCl)nc2cc(F)c(C)cc21. The first-order chi connectivity index (χ1) is 9.56. The van der Waals surface area contributed by atoms with Crippen LogP contribution in [0.5, 0.6) is 0 Å². The molecule has 1 aromatic carbocycles. The molecular formula is C15H20ClFN2O. The third-order valence-corrected chi connectivity index (χ3v) is 3.51. The third kappa shape index (κ3) is 3.13. The highest BCUT2D eigenvalue weighted by molar-refractivity contribution is 6.17. The van der Waals surface area contributed by atoms with Crippen molar-refractivity contribution >= 4 is 22.6 Å². The van der Waals surface area contributed by atoms with Gasteiger partial charge < -0.3 is 9.30 Å². The number of hydrogen-bond acceptors (Lipinski definition) is 2. The summed E-state index contributed by atoms with van der Waals surface area (Å²) in [6.07, 6.45) is 0.743. The Labute approximate surface area is 123 Å². The fourth-order valence-electron chi connectivity index (χ4n) is 2.37. The lowest BCUT2D eigenvalue weighted by molar-refractivity contribution is 0.0643. The Kier molecular flexibility index (Phi) is 5.00. The van der Waals surface area contributed by atoms with Gasteiger partial charge in [-0.1, -0.05) is 0 Å². The van der Waals surface area contributed by atoms with Crippen LogP contribution in [0.4, 0.5) is 4.39 Å². The Hall–Kier alpha value is -1.13. The summed E-state index contributed by atoms with van der Waals surface area (Å²) in [6.45, 7) is 7.13. The fourth-order valence-corrected chi connectivity index (χ4v) is 2.54. The summed E-state index contributed by atoms with van der Waals surface area (Å²) < 4.78 is 21.3. The highest BCUT2D eigenvalue weighted by atomic mass is 35.5. The monoisotopic (exact) mass is 298 g/mol. The van der Waals surface area contributed by atoms with Crippen molar-refractivity contribution < 1.29 is 9.13 Å². The molecule has 0 N–H and O–H groups in total. The minimum Gasteiger partial charge on any atom is -0.377 e. The number of fused-ring (bicyclic) bond motifs is 1. The smallest absolute Gasteiger partial charge is 0.128 e. The second-order valence-corrected chi connectivity index (χ2v) is 5.31. The molecular weight excluding hydrogens is 279 g/mol. The second kappa shape index (κ2) is 6.55. The topological polar surface area (TPSA) is 27.1 Å². The molecule has 1 unspecified atom stereocenters. The summed E-state index contributed by atoms with van der Waals surface area (Å²) in [5, 5.41) is 0. The lowest BCUT2D eigenvalue weighted by Crippen LogP contribution is -2.18. The third-order valence-electron chi connectivity index (χ3n) is 3.32. The maximum atomic E-state index is 13.7. The van der Waals surface area contributed by atoms with Gasteiger partial charge in [-0.05, 0) is 32.4 Å². The van der Waals surface area contributed by atoms with Gasteiger partial charge in [0.1, 0.15) is 11.6 Å². The van der Waals surface area contributed by atoms with E-state index in [1.54, 1.807) is 6.92 Å². The van der Waals surface area contributed by atoms with Crippen LogP contribution >= 0.6 is 11.6 Å². The molecule has 0 aliphatic heterocycles. The van der Waals surface area contributed by atoms with Crippen LogP contribution < -0.4 is 0 Å². The van der Waals surface area contributed by atoms with Gasteiger partial charge in [-0.15, -0.1) is 11.6 Å². The van der Waals surface area contributed by atoms with Crippen LogP contribution in [0.15, 0.2) is 12.1 Å². The first kappa shape index (κ1) is 15.3. The standard InChI is InChI=1S/C15H20ClFN2O/c1-4-20-11(3)9-19-14-7-10(2)12(17)8-13(14)18-15(19)5-6-16/h7-8,11H,4-6,9H2,1-3H3. The molecule has 20 heavy (non-hydrogen) atoms. The molecule has 0 fully saturated rings. The molecule has 1 aromatic heterocycles. The van der Waals surface area contributed by atoms with Gasteiger partial charge in [-0.3, -0.25) is 0 Å². The number of imidazole rings is 1. The molecule has 110 valence electrons. The van der Waals surface area contributed by atoms with E-state index in [2.05, 4.69) is 9.55 Å². The molecule has 3 nitrogen and oxygen atoms in total. The van der Waals surface area contributed by atoms with E-state index < -0.39 is 0 Å². The van der Waals surface area contributed by atoms with Crippen LogP contribution in [0.2, 0.25) is 0 Å². The Morgan fingerprint density at radius 1 is 1.45 bits per heavy atom. The molecule has 0 spiro atoms. The minimum atomic E-state index is -0.225. The Morgan fingerprint density at radius 2 is 2.20 bits per heavy atom. The van der Waals surface area contributed by atoms with Crippen molar-refractivity contribution in [3.05, 3.63) is 29.3 Å². The van der Waals surface area contributed by atoms with E-state index in [9.17, 15) is 4.39 Å². The highest BCUT2D eigenvalue weighted by Crippen LogP contribution is 2.21. The predicted octanol–water partition coefficient (Wildman–Crippen LogP) is 3.69. The van der Waals surface area contributed by atoms with Crippen LogP contribution in [0.3, 0.4) is 0 Å². The lowest BCUT2D eigenvalue weighted by Gasteiger charge is -2.15. The first-order valence-electron chi connectivity index (χ1n) is 6.89. The number of aromatic nitrogens is 2. The molecule has 1 atom stereocenters. The maximum Gasteiger partial charge on any atom is 0.128 e. The summed E-state index contributed by atoms with van der Waals surface area (Å²) >= 11 is 5.84. The van der Waals surface area contributed by atoms with Crippen LogP contribution in [0.25, 0.3) is 11.0 Å². The van der Waals surface area contributed by atoms with Gasteiger partial charge in [0.2, 0.25) is 0 Å². The van der Waals surface area contributed by atoms with Crippen molar-refractivity contribution in [2.45, 2.75) is 39.8 Å². The molecule has 0 aliphatic rings. The second-order valence-electron chi connectivity index (χ2n) is 4.93. The Balaban J connectivity index is 2.47. The summed E-state index contributed by atoms with van der Waals surface area (Å²) in [4.78, 5) is 4.50. The Bertz CT molecular complexity index is 597. The zero-order valence-corrected chi connectivity index (χ0v) is 12.9. The molecule has 2 aromatic rings. The van der Waals surface area contributed by atoms with Gasteiger partial charge in [0.05, 0.1) is 23.7 Å². The van der Waals surface area contributed by atoms with Gasteiger partial charge in [0, 0.05) is 25.0 Å². The van der Waals surface area contributed by atoms with E-state index >= 15 is 0 Å². The molecule has 0 bridgehead atoms. The van der Waals surface area contributed by atoms with E-state index in [0.29, 0.717) is 36.5 Å². The van der Waals surface area contributed by atoms with E-state index in [1.807, 2.05) is 19.9 Å². The van der Waals surface area contributed by atoms with Gasteiger partial charge in [0.25, 0.3) is 0 Å². The molecule has 0 saturated carbocycles. The van der Waals surface area contributed by atoms with Crippen molar-refractivity contribution in [2.75, 3.05) is 12.5 Å². The number of rotatable bonds is 6. The summed E-state index contributed by atoms with van der Waals surface area (Å²) in [5.74, 6) is 1.15. The Morgan fingerprint density at radius 3 is 2.85 bits per heavy atom. The largest absolute Gasteiger partial charge is 0.377 e. The highest BCUT2D eigenvalue weighted by Gasteiger charge is 2.15. The van der Waals surface area contributed by atoms with Crippen LogP contribution in [-0.2, 0) is 17.7 Å². The van der Waals surface area contributed by atoms with Gasteiger partial charge in [-0.2, -0.15) is 0 Å². The summed E-state index contributed by atoms with van der Waals surface area (Å²) in [7, 11) is 0. The lowest BCUT2D eigenvalue weighted by atomic mass is 10.2. The van der Waals surface area contributed by atoms with Crippen molar-refractivity contribution in [3.8, 4) is 0 Å². The van der Waals surface area contributed by atoms with Gasteiger partial charge in [-0.25, -0.2) is 9.37 Å².